The Labute approximate surface area is 116 Å². The largest absolute Gasteiger partial charge is 0.473 e. The molecular formula is C13H14FNO4. The molecule has 2 N–H and O–H groups in total. The van der Waals surface area contributed by atoms with Crippen molar-refractivity contribution >= 4 is 17.5 Å². The van der Waals surface area contributed by atoms with Crippen LogP contribution in [0.1, 0.15) is 12.4 Å². The SMILES string of the molecule is O=C(O)C(=O)O.[2H]C1=C(c2ccc(F)cc2)C([2H])([2H])N(C)C1([2H])[2H]. The molecule has 19 heavy (non-hydrogen) atoms. The van der Waals surface area contributed by atoms with Crippen molar-refractivity contribution in [2.24, 2.45) is 0 Å². The molecule has 1 aromatic carbocycles. The van der Waals surface area contributed by atoms with Crippen LogP contribution >= 0.6 is 0 Å². The fourth-order valence-electron chi connectivity index (χ4n) is 1.12. The Kier molecular flexibility index (Phi) is 3.09. The van der Waals surface area contributed by atoms with Gasteiger partial charge in [0, 0.05) is 18.5 Å². The molecule has 1 heterocycles. The number of hydrogen-bond donors (Lipinski definition) is 2. The van der Waals surface area contributed by atoms with Gasteiger partial charge in [-0.25, -0.2) is 14.0 Å². The summed E-state index contributed by atoms with van der Waals surface area (Å²) >= 11 is 0. The predicted octanol–water partition coefficient (Wildman–Crippen LogP) is 1.31. The molecular weight excluding hydrogens is 253 g/mol. The number of rotatable bonds is 1. The van der Waals surface area contributed by atoms with Gasteiger partial charge in [0.05, 0.1) is 1.37 Å². The van der Waals surface area contributed by atoms with Crippen molar-refractivity contribution in [3.05, 3.63) is 41.7 Å². The quantitative estimate of drug-likeness (QED) is 0.754. The number of likely N-dealkylation sites (N-methyl/N-ethyl adjacent to an activating group) is 1. The van der Waals surface area contributed by atoms with Gasteiger partial charge in [-0.05, 0) is 30.3 Å². The summed E-state index contributed by atoms with van der Waals surface area (Å²) in [6.07, 6.45) is 0. The maximum absolute atomic E-state index is 12.9. The molecule has 0 aliphatic carbocycles. The predicted molar refractivity (Wildman–Crippen MR) is 67.1 cm³/mol. The van der Waals surface area contributed by atoms with Gasteiger partial charge in [-0.3, -0.25) is 4.90 Å². The van der Waals surface area contributed by atoms with Crippen LogP contribution in [0.3, 0.4) is 0 Å². The van der Waals surface area contributed by atoms with E-state index in [9.17, 15) is 4.39 Å². The van der Waals surface area contributed by atoms with Crippen LogP contribution in [0.2, 0.25) is 0 Å². The van der Waals surface area contributed by atoms with Crippen molar-refractivity contribution in [1.29, 1.82) is 0 Å². The molecule has 0 aromatic heterocycles. The molecule has 0 radical (unpaired) electrons. The zero-order valence-corrected chi connectivity index (χ0v) is 9.85. The highest BCUT2D eigenvalue weighted by molar-refractivity contribution is 6.27. The summed E-state index contributed by atoms with van der Waals surface area (Å²) in [6.45, 7) is -4.27. The molecule has 0 bridgehead atoms. The van der Waals surface area contributed by atoms with Crippen LogP contribution < -0.4 is 0 Å². The molecule has 1 aliphatic heterocycles. The van der Waals surface area contributed by atoms with Gasteiger partial charge in [0.1, 0.15) is 5.82 Å². The van der Waals surface area contributed by atoms with E-state index in [0.29, 0.717) is 5.56 Å². The number of carboxylic acids is 2. The van der Waals surface area contributed by atoms with Crippen molar-refractivity contribution in [3.63, 3.8) is 0 Å². The molecule has 2 rings (SSSR count). The Morgan fingerprint density at radius 2 is 1.84 bits per heavy atom. The van der Waals surface area contributed by atoms with Crippen LogP contribution in [0.4, 0.5) is 4.39 Å². The summed E-state index contributed by atoms with van der Waals surface area (Å²) < 4.78 is 51.9. The molecule has 0 amide bonds. The number of aliphatic carboxylic acids is 2. The lowest BCUT2D eigenvalue weighted by Crippen LogP contribution is -2.13. The van der Waals surface area contributed by atoms with Gasteiger partial charge in [-0.2, -0.15) is 0 Å². The highest BCUT2D eigenvalue weighted by atomic mass is 19.1. The van der Waals surface area contributed by atoms with Crippen LogP contribution in [0.25, 0.3) is 5.57 Å². The first-order chi connectivity index (χ1) is 10.8. The second kappa shape index (κ2) is 6.65. The molecule has 102 valence electrons. The minimum Gasteiger partial charge on any atom is -0.473 e. The van der Waals surface area contributed by atoms with Gasteiger partial charge in [0.2, 0.25) is 0 Å². The Morgan fingerprint density at radius 1 is 1.32 bits per heavy atom. The molecule has 0 atom stereocenters. The number of carboxylic acid groups (broad SMARTS) is 2. The van der Waals surface area contributed by atoms with Crippen LogP contribution in [0.15, 0.2) is 30.3 Å². The van der Waals surface area contributed by atoms with E-state index in [1.807, 2.05) is 0 Å². The van der Waals surface area contributed by atoms with E-state index in [2.05, 4.69) is 0 Å². The van der Waals surface area contributed by atoms with Gasteiger partial charge in [0.25, 0.3) is 0 Å². The van der Waals surface area contributed by atoms with Gasteiger partial charge in [-0.1, -0.05) is 18.2 Å². The normalized spacial score (nSPS) is 24.0. The van der Waals surface area contributed by atoms with Crippen molar-refractivity contribution in [3.8, 4) is 0 Å². The van der Waals surface area contributed by atoms with Gasteiger partial charge in [0.15, 0.2) is 0 Å². The van der Waals surface area contributed by atoms with E-state index in [-0.39, 0.29) is 5.57 Å². The van der Waals surface area contributed by atoms with Crippen LogP contribution in [0.5, 0.6) is 0 Å². The first-order valence-corrected chi connectivity index (χ1v) is 5.01. The second-order valence-corrected chi connectivity index (χ2v) is 3.40. The molecule has 0 fully saturated rings. The maximum Gasteiger partial charge on any atom is 0.414 e. The highest BCUT2D eigenvalue weighted by Gasteiger charge is 2.10. The van der Waals surface area contributed by atoms with E-state index in [1.165, 1.54) is 31.3 Å². The number of nitrogens with zero attached hydrogens (tertiary/aromatic N) is 1. The summed E-state index contributed by atoms with van der Waals surface area (Å²) in [5.74, 6) is -4.11. The van der Waals surface area contributed by atoms with Gasteiger partial charge >= 0.3 is 11.9 Å². The van der Waals surface area contributed by atoms with E-state index in [1.54, 1.807) is 0 Å². The van der Waals surface area contributed by atoms with E-state index in [0.717, 1.165) is 4.90 Å². The van der Waals surface area contributed by atoms with Gasteiger partial charge in [-0.15, -0.1) is 0 Å². The topological polar surface area (TPSA) is 77.8 Å². The Balaban J connectivity index is 0.000000413. The third-order valence-corrected chi connectivity index (χ3v) is 1.94. The standard InChI is InChI=1S/C11H12FN.C2H2O4/c1-13-7-6-10(8-13)9-2-4-11(12)5-3-9;3-1(4)2(5)6/h2-6H,7-8H2,1H3;(H,3,4)(H,5,6)/i6D,7D2,8D2;. The zero-order chi connectivity index (χ0) is 18.9. The third kappa shape index (κ3) is 4.89. The number of halogens is 1. The van der Waals surface area contributed by atoms with E-state index < -0.39 is 36.8 Å². The molecule has 1 aromatic rings. The second-order valence-electron chi connectivity index (χ2n) is 3.40. The number of benzene rings is 1. The first kappa shape index (κ1) is 8.82. The molecule has 1 aliphatic rings. The van der Waals surface area contributed by atoms with Gasteiger partial charge < -0.3 is 10.2 Å². The lowest BCUT2D eigenvalue weighted by molar-refractivity contribution is -0.159. The highest BCUT2D eigenvalue weighted by Crippen LogP contribution is 2.19. The van der Waals surface area contributed by atoms with Crippen molar-refractivity contribution in [2.75, 3.05) is 20.0 Å². The average molecular weight is 272 g/mol. The summed E-state index contributed by atoms with van der Waals surface area (Å²) in [7, 11) is 1.28. The summed E-state index contributed by atoms with van der Waals surface area (Å²) in [5.41, 5.74) is 0.259. The van der Waals surface area contributed by atoms with Crippen LogP contribution in [-0.4, -0.2) is 47.1 Å². The average Bonchev–Trinajstić information content (AvgIpc) is 2.59. The third-order valence-electron chi connectivity index (χ3n) is 1.94. The van der Waals surface area contributed by atoms with Crippen molar-refractivity contribution in [1.82, 2.24) is 4.90 Å². The Bertz CT molecular complexity index is 678. The molecule has 5 nitrogen and oxygen atoms in total. The molecule has 0 saturated carbocycles. The lowest BCUT2D eigenvalue weighted by atomic mass is 10.1. The fraction of sp³-hybridized carbons (Fsp3) is 0.231. The summed E-state index contributed by atoms with van der Waals surface area (Å²) in [5, 5.41) is 14.8. The van der Waals surface area contributed by atoms with Crippen molar-refractivity contribution in [2.45, 2.75) is 0 Å². The number of carbonyl (C=O) groups is 2. The monoisotopic (exact) mass is 272 g/mol. The fourth-order valence-corrected chi connectivity index (χ4v) is 1.12. The molecule has 0 unspecified atom stereocenters. The minimum absolute atomic E-state index is 0.0602. The van der Waals surface area contributed by atoms with E-state index >= 15 is 0 Å². The summed E-state index contributed by atoms with van der Waals surface area (Å²) in [6, 6.07) is 4.61. The first-order valence-electron chi connectivity index (χ1n) is 7.51. The maximum atomic E-state index is 12.9. The smallest absolute Gasteiger partial charge is 0.414 e. The van der Waals surface area contributed by atoms with E-state index in [4.69, 9.17) is 26.7 Å². The number of hydrogen-bond acceptors (Lipinski definition) is 3. The summed E-state index contributed by atoms with van der Waals surface area (Å²) in [4.78, 5) is 19.1. The molecule has 0 saturated heterocycles. The van der Waals surface area contributed by atoms with Crippen molar-refractivity contribution < 1.29 is 31.0 Å². The molecule has 6 heteroatoms. The van der Waals surface area contributed by atoms with Crippen LogP contribution in [-0.2, 0) is 9.59 Å². The Morgan fingerprint density at radius 3 is 2.21 bits per heavy atom. The lowest BCUT2D eigenvalue weighted by Gasteiger charge is -2.07. The molecule has 0 spiro atoms. The zero-order valence-electron chi connectivity index (χ0n) is 14.8. The minimum atomic E-state index is -2.17. The van der Waals surface area contributed by atoms with Crippen LogP contribution in [0, 0.1) is 5.82 Å². The Hall–Kier alpha value is -2.21.